The quantitative estimate of drug-likeness (QED) is 0.824. The number of halogens is 1. The monoisotopic (exact) mass is 266 g/mol. The van der Waals surface area contributed by atoms with Crippen LogP contribution in [-0.2, 0) is 0 Å². The SMILES string of the molecule is Cc1ccc(N2CCCCC2=N)cc1Br. The van der Waals surface area contributed by atoms with E-state index in [1.165, 1.54) is 12.0 Å². The van der Waals surface area contributed by atoms with Crippen molar-refractivity contribution in [1.29, 1.82) is 5.41 Å². The third kappa shape index (κ3) is 2.23. The highest BCUT2D eigenvalue weighted by atomic mass is 79.9. The van der Waals surface area contributed by atoms with Crippen LogP contribution in [0.1, 0.15) is 24.8 Å². The van der Waals surface area contributed by atoms with Gasteiger partial charge >= 0.3 is 0 Å². The zero-order chi connectivity index (χ0) is 10.8. The van der Waals surface area contributed by atoms with E-state index in [1.54, 1.807) is 0 Å². The Morgan fingerprint density at radius 3 is 2.80 bits per heavy atom. The molecule has 0 aromatic heterocycles. The third-order valence-corrected chi connectivity index (χ3v) is 3.69. The van der Waals surface area contributed by atoms with Crippen molar-refractivity contribution in [2.75, 3.05) is 11.4 Å². The van der Waals surface area contributed by atoms with Crippen LogP contribution >= 0.6 is 15.9 Å². The van der Waals surface area contributed by atoms with E-state index in [0.717, 1.165) is 35.4 Å². The maximum absolute atomic E-state index is 7.92. The Morgan fingerprint density at radius 1 is 1.33 bits per heavy atom. The number of hydrogen-bond acceptors (Lipinski definition) is 1. The molecule has 1 saturated heterocycles. The Hall–Kier alpha value is -0.830. The van der Waals surface area contributed by atoms with Crippen molar-refractivity contribution in [3.63, 3.8) is 0 Å². The summed E-state index contributed by atoms with van der Waals surface area (Å²) < 4.78 is 1.12. The molecular weight excluding hydrogens is 252 g/mol. The number of benzene rings is 1. The van der Waals surface area contributed by atoms with E-state index in [0.29, 0.717) is 0 Å². The van der Waals surface area contributed by atoms with Crippen molar-refractivity contribution in [3.05, 3.63) is 28.2 Å². The molecule has 15 heavy (non-hydrogen) atoms. The summed E-state index contributed by atoms with van der Waals surface area (Å²) in [4.78, 5) is 2.10. The summed E-state index contributed by atoms with van der Waals surface area (Å²) in [6.07, 6.45) is 3.25. The lowest BCUT2D eigenvalue weighted by Gasteiger charge is -2.29. The largest absolute Gasteiger partial charge is 0.330 e. The molecule has 0 amide bonds. The first kappa shape index (κ1) is 10.7. The number of aryl methyl sites for hydroxylation is 1. The molecule has 1 aromatic rings. The van der Waals surface area contributed by atoms with Crippen molar-refractivity contribution < 1.29 is 0 Å². The summed E-state index contributed by atoms with van der Waals surface area (Å²) in [5, 5.41) is 7.92. The van der Waals surface area contributed by atoms with E-state index in [9.17, 15) is 0 Å². The van der Waals surface area contributed by atoms with E-state index < -0.39 is 0 Å². The molecule has 0 bridgehead atoms. The van der Waals surface area contributed by atoms with Gasteiger partial charge in [-0.25, -0.2) is 0 Å². The fraction of sp³-hybridized carbons (Fsp3) is 0.417. The predicted octanol–water partition coefficient (Wildman–Crippen LogP) is 3.73. The molecule has 0 aliphatic carbocycles. The van der Waals surface area contributed by atoms with Gasteiger partial charge in [-0.3, -0.25) is 5.41 Å². The molecule has 1 aliphatic heterocycles. The van der Waals surface area contributed by atoms with Gasteiger partial charge in [0.15, 0.2) is 0 Å². The summed E-state index contributed by atoms with van der Waals surface area (Å²) in [7, 11) is 0. The topological polar surface area (TPSA) is 27.1 Å². The Morgan fingerprint density at radius 2 is 2.13 bits per heavy atom. The second-order valence-electron chi connectivity index (χ2n) is 3.99. The molecule has 1 aliphatic rings. The minimum Gasteiger partial charge on any atom is -0.330 e. The number of hydrogen-bond donors (Lipinski definition) is 1. The molecule has 80 valence electrons. The van der Waals surface area contributed by atoms with Crippen molar-refractivity contribution >= 4 is 27.5 Å². The lowest BCUT2D eigenvalue weighted by atomic mass is 10.1. The Labute approximate surface area is 98.9 Å². The maximum Gasteiger partial charge on any atom is 0.100 e. The first-order valence-corrected chi connectivity index (χ1v) is 6.09. The van der Waals surface area contributed by atoms with Crippen molar-refractivity contribution in [3.8, 4) is 0 Å². The van der Waals surface area contributed by atoms with Crippen LogP contribution in [0.3, 0.4) is 0 Å². The van der Waals surface area contributed by atoms with Crippen LogP contribution < -0.4 is 4.90 Å². The van der Waals surface area contributed by atoms with Crippen LogP contribution in [0.5, 0.6) is 0 Å². The average molecular weight is 267 g/mol. The van der Waals surface area contributed by atoms with Crippen LogP contribution in [0.25, 0.3) is 0 Å². The van der Waals surface area contributed by atoms with Crippen LogP contribution in [0.4, 0.5) is 5.69 Å². The number of nitrogens with zero attached hydrogens (tertiary/aromatic N) is 1. The van der Waals surface area contributed by atoms with E-state index in [-0.39, 0.29) is 0 Å². The van der Waals surface area contributed by atoms with Crippen molar-refractivity contribution in [2.45, 2.75) is 26.2 Å². The Balaban J connectivity index is 2.28. The molecule has 1 N–H and O–H groups in total. The molecule has 3 heteroatoms. The van der Waals surface area contributed by atoms with Gasteiger partial charge in [0.1, 0.15) is 5.84 Å². The Bertz CT molecular complexity index is 387. The third-order valence-electron chi connectivity index (χ3n) is 2.84. The van der Waals surface area contributed by atoms with Crippen LogP contribution in [0.2, 0.25) is 0 Å². The summed E-state index contributed by atoms with van der Waals surface area (Å²) in [5.74, 6) is 0.747. The Kier molecular flexibility index (Phi) is 3.10. The van der Waals surface area contributed by atoms with Gasteiger partial charge in [-0.2, -0.15) is 0 Å². The predicted molar refractivity (Wildman–Crippen MR) is 67.8 cm³/mol. The molecule has 0 spiro atoms. The molecule has 0 saturated carbocycles. The van der Waals surface area contributed by atoms with Gasteiger partial charge < -0.3 is 4.90 Å². The second-order valence-corrected chi connectivity index (χ2v) is 4.84. The fourth-order valence-corrected chi connectivity index (χ4v) is 2.23. The van der Waals surface area contributed by atoms with E-state index in [4.69, 9.17) is 5.41 Å². The normalized spacial score (nSPS) is 16.9. The molecule has 1 heterocycles. The first-order valence-electron chi connectivity index (χ1n) is 5.29. The average Bonchev–Trinajstić information content (AvgIpc) is 2.23. The lowest BCUT2D eigenvalue weighted by Crippen LogP contribution is -2.34. The maximum atomic E-state index is 7.92. The number of nitrogens with one attached hydrogen (secondary N) is 1. The van der Waals surface area contributed by atoms with Crippen LogP contribution in [-0.4, -0.2) is 12.4 Å². The molecule has 0 atom stereocenters. The van der Waals surface area contributed by atoms with Gasteiger partial charge in [0, 0.05) is 23.1 Å². The minimum atomic E-state index is 0.747. The van der Waals surface area contributed by atoms with Crippen LogP contribution in [0.15, 0.2) is 22.7 Å². The highest BCUT2D eigenvalue weighted by Crippen LogP contribution is 2.26. The van der Waals surface area contributed by atoms with Gasteiger partial charge in [-0.1, -0.05) is 22.0 Å². The summed E-state index contributed by atoms with van der Waals surface area (Å²) >= 11 is 3.54. The molecular formula is C12H15BrN2. The van der Waals surface area contributed by atoms with Crippen LogP contribution in [0, 0.1) is 12.3 Å². The first-order chi connectivity index (χ1) is 7.18. The van der Waals surface area contributed by atoms with Crippen molar-refractivity contribution in [1.82, 2.24) is 0 Å². The molecule has 1 fully saturated rings. The zero-order valence-corrected chi connectivity index (χ0v) is 10.5. The number of piperidine rings is 1. The number of amidine groups is 1. The fourth-order valence-electron chi connectivity index (χ4n) is 1.87. The lowest BCUT2D eigenvalue weighted by molar-refractivity contribution is 0.707. The van der Waals surface area contributed by atoms with Gasteiger partial charge in [0.25, 0.3) is 0 Å². The summed E-state index contributed by atoms with van der Waals surface area (Å²) in [6, 6.07) is 6.30. The van der Waals surface area contributed by atoms with Gasteiger partial charge in [-0.15, -0.1) is 0 Å². The zero-order valence-electron chi connectivity index (χ0n) is 8.89. The number of rotatable bonds is 1. The molecule has 0 unspecified atom stereocenters. The molecule has 1 aromatic carbocycles. The van der Waals surface area contributed by atoms with E-state index in [2.05, 4.69) is 46.0 Å². The smallest absolute Gasteiger partial charge is 0.100 e. The second kappa shape index (κ2) is 4.35. The molecule has 2 nitrogen and oxygen atoms in total. The molecule has 0 radical (unpaired) electrons. The van der Waals surface area contributed by atoms with Gasteiger partial charge in [0.05, 0.1) is 0 Å². The van der Waals surface area contributed by atoms with Gasteiger partial charge in [-0.05, 0) is 37.5 Å². The molecule has 2 rings (SSSR count). The minimum absolute atomic E-state index is 0.747. The summed E-state index contributed by atoms with van der Waals surface area (Å²) in [6.45, 7) is 3.06. The summed E-state index contributed by atoms with van der Waals surface area (Å²) in [5.41, 5.74) is 2.37. The van der Waals surface area contributed by atoms with Crippen molar-refractivity contribution in [2.24, 2.45) is 0 Å². The van der Waals surface area contributed by atoms with E-state index >= 15 is 0 Å². The number of anilines is 1. The standard InChI is InChI=1S/C12H15BrN2/c1-9-5-6-10(8-11(9)13)15-7-3-2-4-12(15)14/h5-6,8,14H,2-4,7H2,1H3. The van der Waals surface area contributed by atoms with E-state index in [1.807, 2.05) is 0 Å². The highest BCUT2D eigenvalue weighted by molar-refractivity contribution is 9.10. The highest BCUT2D eigenvalue weighted by Gasteiger charge is 2.16. The van der Waals surface area contributed by atoms with Gasteiger partial charge in [0.2, 0.25) is 0 Å².